The molecule has 0 saturated carbocycles. The molecule has 0 radical (unpaired) electrons. The monoisotopic (exact) mass is 425 g/mol. The minimum absolute atomic E-state index is 0.233. The second-order valence-electron chi connectivity index (χ2n) is 5.88. The van der Waals surface area contributed by atoms with Gasteiger partial charge in [0.15, 0.2) is 0 Å². The van der Waals surface area contributed by atoms with E-state index < -0.39 is 10.0 Å². The SMILES string of the molecule is CC(C)Cc1cc(S(N)(=O)=O)c(CC(C)C)c(Br)c1Br. The Balaban J connectivity index is 3.56. The Morgan fingerprint density at radius 2 is 1.55 bits per heavy atom. The van der Waals surface area contributed by atoms with Gasteiger partial charge in [0.2, 0.25) is 10.0 Å². The zero-order valence-electron chi connectivity index (χ0n) is 12.2. The van der Waals surface area contributed by atoms with Crippen LogP contribution in [0.3, 0.4) is 0 Å². The van der Waals surface area contributed by atoms with Gasteiger partial charge >= 0.3 is 0 Å². The molecule has 0 saturated heterocycles. The highest BCUT2D eigenvalue weighted by molar-refractivity contribution is 9.13. The number of benzene rings is 1. The quantitative estimate of drug-likeness (QED) is 0.764. The Morgan fingerprint density at radius 1 is 1.05 bits per heavy atom. The van der Waals surface area contributed by atoms with Gasteiger partial charge in [0.05, 0.1) is 4.90 Å². The zero-order chi connectivity index (χ0) is 15.7. The normalized spacial score (nSPS) is 12.4. The van der Waals surface area contributed by atoms with Crippen LogP contribution in [-0.4, -0.2) is 8.42 Å². The first-order chi connectivity index (χ1) is 9.04. The molecule has 0 aliphatic heterocycles. The van der Waals surface area contributed by atoms with Crippen LogP contribution in [0.2, 0.25) is 0 Å². The van der Waals surface area contributed by atoms with E-state index in [1.165, 1.54) is 0 Å². The highest BCUT2D eigenvalue weighted by Crippen LogP contribution is 2.37. The first kappa shape index (κ1) is 18.1. The summed E-state index contributed by atoms with van der Waals surface area (Å²) in [5, 5.41) is 5.39. The van der Waals surface area contributed by atoms with Gasteiger partial charge in [0.25, 0.3) is 0 Å². The molecule has 1 aromatic rings. The van der Waals surface area contributed by atoms with Gasteiger partial charge in [0, 0.05) is 8.95 Å². The predicted molar refractivity (Wildman–Crippen MR) is 90.3 cm³/mol. The molecule has 0 aromatic heterocycles. The highest BCUT2D eigenvalue weighted by atomic mass is 79.9. The molecule has 20 heavy (non-hydrogen) atoms. The number of hydrogen-bond donors (Lipinski definition) is 1. The van der Waals surface area contributed by atoms with Crippen molar-refractivity contribution in [2.75, 3.05) is 0 Å². The van der Waals surface area contributed by atoms with E-state index in [0.717, 1.165) is 26.5 Å². The highest BCUT2D eigenvalue weighted by Gasteiger charge is 2.22. The minimum Gasteiger partial charge on any atom is -0.225 e. The van der Waals surface area contributed by atoms with Crippen molar-refractivity contribution in [1.29, 1.82) is 0 Å². The van der Waals surface area contributed by atoms with Crippen LogP contribution in [0.25, 0.3) is 0 Å². The van der Waals surface area contributed by atoms with Gasteiger partial charge in [-0.2, -0.15) is 0 Å². The summed E-state index contributed by atoms with van der Waals surface area (Å²) in [4.78, 5) is 0.233. The van der Waals surface area contributed by atoms with Gasteiger partial charge in [-0.05, 0) is 73.7 Å². The van der Waals surface area contributed by atoms with E-state index in [9.17, 15) is 8.42 Å². The maximum Gasteiger partial charge on any atom is 0.238 e. The second-order valence-corrected chi connectivity index (χ2v) is 9.00. The van der Waals surface area contributed by atoms with Crippen molar-refractivity contribution in [3.8, 4) is 0 Å². The molecule has 0 aliphatic carbocycles. The molecule has 0 fully saturated rings. The lowest BCUT2D eigenvalue weighted by Crippen LogP contribution is -2.17. The van der Waals surface area contributed by atoms with Gasteiger partial charge in [-0.1, -0.05) is 27.7 Å². The van der Waals surface area contributed by atoms with Crippen molar-refractivity contribution in [3.63, 3.8) is 0 Å². The van der Waals surface area contributed by atoms with Gasteiger partial charge in [-0.3, -0.25) is 0 Å². The number of primary sulfonamides is 1. The van der Waals surface area contributed by atoms with E-state index in [4.69, 9.17) is 5.14 Å². The Morgan fingerprint density at radius 3 is 1.95 bits per heavy atom. The summed E-state index contributed by atoms with van der Waals surface area (Å²) < 4.78 is 25.5. The van der Waals surface area contributed by atoms with Gasteiger partial charge in [0.1, 0.15) is 0 Å². The summed E-state index contributed by atoms with van der Waals surface area (Å²) in [6, 6.07) is 1.71. The maximum atomic E-state index is 11.9. The summed E-state index contributed by atoms with van der Waals surface area (Å²) in [6.07, 6.45) is 1.45. The molecule has 2 N–H and O–H groups in total. The summed E-state index contributed by atoms with van der Waals surface area (Å²) in [5.74, 6) is 0.775. The molecule has 0 atom stereocenters. The molecule has 1 rings (SSSR count). The average molecular weight is 427 g/mol. The minimum atomic E-state index is -3.73. The van der Waals surface area contributed by atoms with Crippen molar-refractivity contribution >= 4 is 41.9 Å². The number of sulfonamides is 1. The van der Waals surface area contributed by atoms with E-state index in [2.05, 4.69) is 59.6 Å². The lowest BCUT2D eigenvalue weighted by Gasteiger charge is -2.18. The molecule has 1 aromatic carbocycles. The standard InChI is InChI=1S/C14H21Br2NO2S/c1-8(2)5-10-7-12(20(17,18)19)11(6-9(3)4)14(16)13(10)15/h7-9H,5-6H2,1-4H3,(H2,17,18,19). The first-order valence-electron chi connectivity index (χ1n) is 6.56. The lowest BCUT2D eigenvalue weighted by atomic mass is 9.98. The molecule has 0 amide bonds. The third-order valence-corrected chi connectivity index (χ3v) is 6.18. The molecule has 0 spiro atoms. The fourth-order valence-electron chi connectivity index (χ4n) is 2.13. The molecule has 3 nitrogen and oxygen atoms in total. The maximum absolute atomic E-state index is 11.9. The number of rotatable bonds is 5. The van der Waals surface area contributed by atoms with Gasteiger partial charge < -0.3 is 0 Å². The van der Waals surface area contributed by atoms with E-state index >= 15 is 0 Å². The van der Waals surface area contributed by atoms with Crippen molar-refractivity contribution in [2.24, 2.45) is 17.0 Å². The molecule has 0 heterocycles. The second kappa shape index (κ2) is 6.90. The van der Waals surface area contributed by atoms with Crippen molar-refractivity contribution in [1.82, 2.24) is 0 Å². The van der Waals surface area contributed by atoms with Crippen molar-refractivity contribution in [3.05, 3.63) is 26.1 Å². The third-order valence-electron chi connectivity index (χ3n) is 2.89. The largest absolute Gasteiger partial charge is 0.238 e. The van der Waals surface area contributed by atoms with Crippen molar-refractivity contribution < 1.29 is 8.42 Å². The van der Waals surface area contributed by atoms with Gasteiger partial charge in [-0.25, -0.2) is 13.6 Å². The fraction of sp³-hybridized carbons (Fsp3) is 0.571. The Hall–Kier alpha value is 0.0900. The predicted octanol–water partition coefficient (Wildman–Crippen LogP) is 4.26. The van der Waals surface area contributed by atoms with Crippen LogP contribution in [0.1, 0.15) is 38.8 Å². The molecule has 114 valence electrons. The van der Waals surface area contributed by atoms with Crippen LogP contribution in [0.4, 0.5) is 0 Å². The number of nitrogens with two attached hydrogens (primary N) is 1. The average Bonchev–Trinajstić information content (AvgIpc) is 2.26. The summed E-state index contributed by atoms with van der Waals surface area (Å²) in [5.41, 5.74) is 1.71. The van der Waals surface area contributed by atoms with Crippen LogP contribution >= 0.6 is 31.9 Å². The molecule has 0 bridgehead atoms. The Kier molecular flexibility index (Phi) is 6.26. The van der Waals surface area contributed by atoms with Crippen LogP contribution in [0, 0.1) is 11.8 Å². The van der Waals surface area contributed by atoms with Gasteiger partial charge in [-0.15, -0.1) is 0 Å². The van der Waals surface area contributed by atoms with E-state index in [1.807, 2.05) is 0 Å². The van der Waals surface area contributed by atoms with E-state index in [1.54, 1.807) is 6.07 Å². The molecule has 0 unspecified atom stereocenters. The van der Waals surface area contributed by atoms with Crippen LogP contribution < -0.4 is 5.14 Å². The molecule has 0 aliphatic rings. The Bertz CT molecular complexity index is 596. The number of halogens is 2. The summed E-state index contributed by atoms with van der Waals surface area (Å²) in [6.45, 7) is 8.29. The van der Waals surface area contributed by atoms with Crippen LogP contribution in [0.15, 0.2) is 19.9 Å². The summed E-state index contributed by atoms with van der Waals surface area (Å²) >= 11 is 7.09. The number of hydrogen-bond acceptors (Lipinski definition) is 2. The van der Waals surface area contributed by atoms with Crippen LogP contribution in [-0.2, 0) is 22.9 Å². The fourth-order valence-corrected chi connectivity index (χ4v) is 4.24. The van der Waals surface area contributed by atoms with E-state index in [0.29, 0.717) is 18.3 Å². The lowest BCUT2D eigenvalue weighted by molar-refractivity contribution is 0.589. The summed E-state index contributed by atoms with van der Waals surface area (Å²) in [7, 11) is -3.73. The smallest absolute Gasteiger partial charge is 0.225 e. The first-order valence-corrected chi connectivity index (χ1v) is 9.69. The van der Waals surface area contributed by atoms with E-state index in [-0.39, 0.29) is 4.90 Å². The Labute approximate surface area is 138 Å². The van der Waals surface area contributed by atoms with Crippen molar-refractivity contribution in [2.45, 2.75) is 45.4 Å². The topological polar surface area (TPSA) is 60.2 Å². The molecule has 6 heteroatoms. The zero-order valence-corrected chi connectivity index (χ0v) is 16.2. The third kappa shape index (κ3) is 4.55. The molecular weight excluding hydrogens is 406 g/mol. The van der Waals surface area contributed by atoms with Crippen LogP contribution in [0.5, 0.6) is 0 Å². The molecular formula is C14H21Br2NO2S.